The van der Waals surface area contributed by atoms with Crippen LogP contribution in [-0.2, 0) is 6.42 Å². The molecule has 102 valence electrons. The third kappa shape index (κ3) is 3.68. The van der Waals surface area contributed by atoms with Gasteiger partial charge >= 0.3 is 0 Å². The summed E-state index contributed by atoms with van der Waals surface area (Å²) in [6.07, 6.45) is 2.73. The topological polar surface area (TPSA) is 43.8 Å². The molecule has 0 fully saturated rings. The molecule has 2 rings (SSSR count). The standard InChI is InChI=1S/C14H17Br2N3/c1-9(2)19-6-5-11(18-19)8-14(17)12-7-10(15)3-4-13(12)16/h3-7,9,14H,8,17H2,1-2H3. The zero-order valence-corrected chi connectivity index (χ0v) is 14.1. The SMILES string of the molecule is CC(C)n1ccc(CC(N)c2cc(Br)ccc2Br)n1. The highest BCUT2D eigenvalue weighted by Gasteiger charge is 2.13. The van der Waals surface area contributed by atoms with Crippen molar-refractivity contribution in [3.8, 4) is 0 Å². The lowest BCUT2D eigenvalue weighted by Gasteiger charge is -2.13. The van der Waals surface area contributed by atoms with E-state index in [9.17, 15) is 0 Å². The van der Waals surface area contributed by atoms with E-state index in [0.29, 0.717) is 6.04 Å². The molecule has 2 aromatic rings. The van der Waals surface area contributed by atoms with E-state index < -0.39 is 0 Å². The van der Waals surface area contributed by atoms with Gasteiger partial charge in [-0.25, -0.2) is 0 Å². The van der Waals surface area contributed by atoms with Crippen molar-refractivity contribution in [2.45, 2.75) is 32.4 Å². The molecule has 0 spiro atoms. The lowest BCUT2D eigenvalue weighted by Crippen LogP contribution is -2.15. The summed E-state index contributed by atoms with van der Waals surface area (Å²) in [5, 5.41) is 4.54. The molecule has 2 N–H and O–H groups in total. The van der Waals surface area contributed by atoms with Crippen LogP contribution in [0.25, 0.3) is 0 Å². The van der Waals surface area contributed by atoms with Gasteiger partial charge in [0.1, 0.15) is 0 Å². The highest BCUT2D eigenvalue weighted by Crippen LogP contribution is 2.27. The number of hydrogen-bond acceptors (Lipinski definition) is 2. The average molecular weight is 387 g/mol. The molecule has 0 aliphatic rings. The first kappa shape index (κ1) is 14.8. The van der Waals surface area contributed by atoms with E-state index in [2.05, 4.69) is 50.8 Å². The van der Waals surface area contributed by atoms with Crippen LogP contribution in [0.1, 0.15) is 37.2 Å². The van der Waals surface area contributed by atoms with E-state index in [4.69, 9.17) is 5.73 Å². The zero-order chi connectivity index (χ0) is 14.0. The van der Waals surface area contributed by atoms with Crippen LogP contribution in [0.5, 0.6) is 0 Å². The fraction of sp³-hybridized carbons (Fsp3) is 0.357. The molecule has 0 aliphatic heterocycles. The van der Waals surface area contributed by atoms with Gasteiger partial charge in [-0.05, 0) is 43.7 Å². The summed E-state index contributed by atoms with van der Waals surface area (Å²) in [4.78, 5) is 0. The summed E-state index contributed by atoms with van der Waals surface area (Å²) < 4.78 is 4.03. The van der Waals surface area contributed by atoms with Gasteiger partial charge in [-0.3, -0.25) is 4.68 Å². The van der Waals surface area contributed by atoms with Gasteiger partial charge in [0.25, 0.3) is 0 Å². The first-order valence-electron chi connectivity index (χ1n) is 6.22. The van der Waals surface area contributed by atoms with Crippen molar-refractivity contribution in [2.24, 2.45) is 5.73 Å². The molecule has 0 saturated heterocycles. The molecule has 3 nitrogen and oxygen atoms in total. The Morgan fingerprint density at radius 2 is 2.00 bits per heavy atom. The second kappa shape index (κ2) is 6.20. The van der Waals surface area contributed by atoms with Crippen LogP contribution in [0, 0.1) is 0 Å². The molecule has 1 aromatic heterocycles. The molecule has 1 heterocycles. The molecular formula is C14H17Br2N3. The van der Waals surface area contributed by atoms with Crippen LogP contribution in [-0.4, -0.2) is 9.78 Å². The molecule has 1 atom stereocenters. The largest absolute Gasteiger partial charge is 0.324 e. The van der Waals surface area contributed by atoms with Crippen LogP contribution in [0.3, 0.4) is 0 Å². The van der Waals surface area contributed by atoms with E-state index in [1.165, 1.54) is 0 Å². The van der Waals surface area contributed by atoms with Crippen molar-refractivity contribution in [1.82, 2.24) is 9.78 Å². The first-order valence-corrected chi connectivity index (χ1v) is 7.80. The fourth-order valence-electron chi connectivity index (χ4n) is 1.91. The number of hydrogen-bond donors (Lipinski definition) is 1. The average Bonchev–Trinajstić information content (AvgIpc) is 2.80. The Hall–Kier alpha value is -0.650. The Labute approximate surface area is 130 Å². The van der Waals surface area contributed by atoms with Crippen molar-refractivity contribution in [3.63, 3.8) is 0 Å². The van der Waals surface area contributed by atoms with E-state index in [1.54, 1.807) is 0 Å². The lowest BCUT2D eigenvalue weighted by atomic mass is 10.0. The molecule has 1 aromatic carbocycles. The van der Waals surface area contributed by atoms with Gasteiger partial charge in [-0.2, -0.15) is 5.10 Å². The second-order valence-electron chi connectivity index (χ2n) is 4.86. The number of aromatic nitrogens is 2. The van der Waals surface area contributed by atoms with Gasteiger partial charge in [0.05, 0.1) is 5.69 Å². The Morgan fingerprint density at radius 1 is 1.26 bits per heavy atom. The van der Waals surface area contributed by atoms with Crippen LogP contribution in [0.4, 0.5) is 0 Å². The minimum atomic E-state index is -0.0672. The van der Waals surface area contributed by atoms with Crippen molar-refractivity contribution < 1.29 is 0 Å². The highest BCUT2D eigenvalue weighted by molar-refractivity contribution is 9.11. The summed E-state index contributed by atoms with van der Waals surface area (Å²) in [5.74, 6) is 0. The van der Waals surface area contributed by atoms with Crippen LogP contribution < -0.4 is 5.73 Å². The monoisotopic (exact) mass is 385 g/mol. The van der Waals surface area contributed by atoms with Gasteiger partial charge in [0, 0.05) is 33.6 Å². The molecule has 0 radical (unpaired) electrons. The highest BCUT2D eigenvalue weighted by atomic mass is 79.9. The fourth-order valence-corrected chi connectivity index (χ4v) is 2.83. The molecule has 0 saturated carbocycles. The van der Waals surface area contributed by atoms with Gasteiger partial charge < -0.3 is 5.73 Å². The van der Waals surface area contributed by atoms with Crippen LogP contribution in [0.2, 0.25) is 0 Å². The smallest absolute Gasteiger partial charge is 0.0643 e. The second-order valence-corrected chi connectivity index (χ2v) is 6.63. The molecule has 0 amide bonds. The summed E-state index contributed by atoms with van der Waals surface area (Å²) in [5.41, 5.74) is 8.39. The summed E-state index contributed by atoms with van der Waals surface area (Å²) in [6, 6.07) is 8.39. The quantitative estimate of drug-likeness (QED) is 0.854. The van der Waals surface area contributed by atoms with Gasteiger partial charge in [-0.15, -0.1) is 0 Å². The zero-order valence-electron chi connectivity index (χ0n) is 11.0. The molecule has 5 heteroatoms. The van der Waals surface area contributed by atoms with E-state index in [1.807, 2.05) is 35.1 Å². The maximum absolute atomic E-state index is 6.28. The molecular weight excluding hydrogens is 370 g/mol. The number of benzene rings is 1. The van der Waals surface area contributed by atoms with E-state index in [0.717, 1.165) is 26.6 Å². The van der Waals surface area contributed by atoms with Crippen molar-refractivity contribution in [1.29, 1.82) is 0 Å². The minimum absolute atomic E-state index is 0.0672. The van der Waals surface area contributed by atoms with E-state index in [-0.39, 0.29) is 6.04 Å². The Balaban J connectivity index is 2.15. The maximum Gasteiger partial charge on any atom is 0.0643 e. The molecule has 19 heavy (non-hydrogen) atoms. The van der Waals surface area contributed by atoms with Gasteiger partial charge in [0.15, 0.2) is 0 Å². The molecule has 0 aliphatic carbocycles. The molecule has 1 unspecified atom stereocenters. The number of rotatable bonds is 4. The Bertz CT molecular complexity index is 564. The third-order valence-electron chi connectivity index (χ3n) is 2.98. The predicted octanol–water partition coefficient (Wildman–Crippen LogP) is 4.23. The number of nitrogens with zero attached hydrogens (tertiary/aromatic N) is 2. The van der Waals surface area contributed by atoms with Crippen molar-refractivity contribution in [3.05, 3.63) is 50.7 Å². The minimum Gasteiger partial charge on any atom is -0.324 e. The summed E-state index contributed by atoms with van der Waals surface area (Å²) in [6.45, 7) is 4.23. The van der Waals surface area contributed by atoms with Gasteiger partial charge in [0.2, 0.25) is 0 Å². The molecule has 0 bridgehead atoms. The Morgan fingerprint density at radius 3 is 2.63 bits per heavy atom. The van der Waals surface area contributed by atoms with Crippen molar-refractivity contribution in [2.75, 3.05) is 0 Å². The Kier molecular flexibility index (Phi) is 4.81. The third-order valence-corrected chi connectivity index (χ3v) is 4.19. The predicted molar refractivity (Wildman–Crippen MR) is 85.1 cm³/mol. The van der Waals surface area contributed by atoms with Gasteiger partial charge in [-0.1, -0.05) is 31.9 Å². The summed E-state index contributed by atoms with van der Waals surface area (Å²) in [7, 11) is 0. The normalized spacial score (nSPS) is 12.9. The summed E-state index contributed by atoms with van der Waals surface area (Å²) >= 11 is 7.02. The van der Waals surface area contributed by atoms with Crippen LogP contribution >= 0.6 is 31.9 Å². The van der Waals surface area contributed by atoms with Crippen molar-refractivity contribution >= 4 is 31.9 Å². The first-order chi connectivity index (χ1) is 8.97. The maximum atomic E-state index is 6.28. The number of nitrogens with two attached hydrogens (primary N) is 1. The lowest BCUT2D eigenvalue weighted by molar-refractivity contribution is 0.522. The van der Waals surface area contributed by atoms with Crippen LogP contribution in [0.15, 0.2) is 39.4 Å². The number of halogens is 2. The van der Waals surface area contributed by atoms with E-state index >= 15 is 0 Å².